The molecule has 33 heavy (non-hydrogen) atoms. The van der Waals surface area contributed by atoms with E-state index in [1.807, 2.05) is 19.1 Å². The van der Waals surface area contributed by atoms with Gasteiger partial charge in [0.15, 0.2) is 11.5 Å². The molecule has 0 bridgehead atoms. The van der Waals surface area contributed by atoms with Crippen LogP contribution in [0.15, 0.2) is 72.8 Å². The second-order valence-electron chi connectivity index (χ2n) is 7.19. The van der Waals surface area contributed by atoms with Gasteiger partial charge < -0.3 is 24.6 Å². The molecule has 1 amide bonds. The van der Waals surface area contributed by atoms with Gasteiger partial charge in [-0.15, -0.1) is 0 Å². The van der Waals surface area contributed by atoms with Gasteiger partial charge in [-0.05, 0) is 48.4 Å². The Morgan fingerprint density at radius 2 is 1.67 bits per heavy atom. The van der Waals surface area contributed by atoms with Gasteiger partial charge in [-0.3, -0.25) is 4.79 Å². The molecular weight excluding hydrogens is 422 g/mol. The zero-order chi connectivity index (χ0) is 23.8. The van der Waals surface area contributed by atoms with E-state index in [1.165, 1.54) is 32.4 Å². The van der Waals surface area contributed by atoms with Crippen LogP contribution in [0.1, 0.15) is 22.8 Å². The van der Waals surface area contributed by atoms with E-state index in [-0.39, 0.29) is 11.5 Å². The predicted octanol–water partition coefficient (Wildman–Crippen LogP) is 4.65. The average Bonchev–Trinajstić information content (AvgIpc) is 2.82. The van der Waals surface area contributed by atoms with E-state index in [2.05, 4.69) is 5.32 Å². The number of carbonyl (C=O) groups excluding carboxylic acids is 2. The van der Waals surface area contributed by atoms with Crippen LogP contribution in [0.5, 0.6) is 17.2 Å². The fourth-order valence-electron chi connectivity index (χ4n) is 3.14. The number of aryl methyl sites for hydroxylation is 1. The highest BCUT2D eigenvalue weighted by molar-refractivity contribution is 5.98. The van der Waals surface area contributed by atoms with Crippen molar-refractivity contribution in [2.45, 2.75) is 13.0 Å². The van der Waals surface area contributed by atoms with Crippen molar-refractivity contribution in [3.05, 3.63) is 89.5 Å². The molecule has 1 unspecified atom stereocenters. The minimum absolute atomic E-state index is 0.00961. The molecule has 0 heterocycles. The first-order valence-electron chi connectivity index (χ1n) is 10.2. The lowest BCUT2D eigenvalue weighted by Crippen LogP contribution is -2.25. The number of amides is 1. The number of ether oxygens (including phenoxy) is 3. The van der Waals surface area contributed by atoms with E-state index in [0.717, 1.165) is 5.56 Å². The quantitative estimate of drug-likeness (QED) is 0.386. The lowest BCUT2D eigenvalue weighted by atomic mass is 10.1. The van der Waals surface area contributed by atoms with Crippen LogP contribution in [0.2, 0.25) is 0 Å². The van der Waals surface area contributed by atoms with E-state index >= 15 is 0 Å². The van der Waals surface area contributed by atoms with E-state index in [9.17, 15) is 14.7 Å². The molecular formula is C26H25NO6. The summed E-state index contributed by atoms with van der Waals surface area (Å²) in [6, 6.07) is 18.8. The van der Waals surface area contributed by atoms with Crippen LogP contribution in [-0.4, -0.2) is 31.2 Å². The van der Waals surface area contributed by atoms with Gasteiger partial charge in [0.05, 0.1) is 19.9 Å². The Morgan fingerprint density at radius 3 is 2.36 bits per heavy atom. The van der Waals surface area contributed by atoms with Crippen LogP contribution in [0.25, 0.3) is 6.08 Å². The van der Waals surface area contributed by atoms with Crippen molar-refractivity contribution in [2.24, 2.45) is 0 Å². The zero-order valence-electron chi connectivity index (χ0n) is 18.6. The Labute approximate surface area is 192 Å². The molecule has 170 valence electrons. The minimum Gasteiger partial charge on any atom is -0.504 e. The molecule has 2 N–H and O–H groups in total. The van der Waals surface area contributed by atoms with Crippen molar-refractivity contribution >= 4 is 23.6 Å². The summed E-state index contributed by atoms with van der Waals surface area (Å²) in [5.41, 5.74) is 2.55. The molecule has 0 spiro atoms. The summed E-state index contributed by atoms with van der Waals surface area (Å²) < 4.78 is 15.9. The molecule has 0 aliphatic heterocycles. The largest absolute Gasteiger partial charge is 0.504 e. The summed E-state index contributed by atoms with van der Waals surface area (Å²) in [4.78, 5) is 25.7. The van der Waals surface area contributed by atoms with Crippen LogP contribution in [-0.2, 0) is 14.3 Å². The number of phenols is 1. The smallest absolute Gasteiger partial charge is 0.331 e. The Kier molecular flexibility index (Phi) is 7.70. The Hall–Kier alpha value is -4.26. The molecule has 0 saturated heterocycles. The van der Waals surface area contributed by atoms with Crippen molar-refractivity contribution in [1.29, 1.82) is 0 Å². The fraction of sp³-hybridized carbons (Fsp3) is 0.154. The summed E-state index contributed by atoms with van der Waals surface area (Å²) >= 11 is 0. The molecule has 3 aromatic carbocycles. The molecule has 1 atom stereocenters. The summed E-state index contributed by atoms with van der Waals surface area (Å²) in [7, 11) is 2.95. The number of nitrogens with one attached hydrogen (secondary N) is 1. The maximum Gasteiger partial charge on any atom is 0.331 e. The summed E-state index contributed by atoms with van der Waals surface area (Å²) in [6.45, 7) is 1.90. The van der Waals surface area contributed by atoms with Gasteiger partial charge in [-0.2, -0.15) is 0 Å². The van der Waals surface area contributed by atoms with E-state index in [1.54, 1.807) is 48.5 Å². The topological polar surface area (TPSA) is 94.1 Å². The average molecular weight is 447 g/mol. The third-order valence-corrected chi connectivity index (χ3v) is 4.80. The molecule has 0 saturated carbocycles. The molecule has 0 radical (unpaired) electrons. The Morgan fingerprint density at radius 1 is 0.939 bits per heavy atom. The van der Waals surface area contributed by atoms with Gasteiger partial charge in [0.2, 0.25) is 6.10 Å². The van der Waals surface area contributed by atoms with Gasteiger partial charge in [0.1, 0.15) is 5.75 Å². The van der Waals surface area contributed by atoms with Gasteiger partial charge >= 0.3 is 5.97 Å². The standard InChI is InChI=1S/C26H25NO6/c1-17-9-13-22(31-2)20(15-17)27-26(30)25(19-7-5-4-6-8-19)33-24(29)14-11-18-10-12-21(28)23(16-18)32-3/h4-16,25,28H,1-3H3,(H,27,30)/b14-11+. The Balaban J connectivity index is 1.81. The fourth-order valence-corrected chi connectivity index (χ4v) is 3.14. The van der Waals surface area contributed by atoms with E-state index in [4.69, 9.17) is 14.2 Å². The third-order valence-electron chi connectivity index (χ3n) is 4.80. The van der Waals surface area contributed by atoms with Crippen molar-refractivity contribution in [1.82, 2.24) is 0 Å². The molecule has 0 aromatic heterocycles. The monoisotopic (exact) mass is 447 g/mol. The molecule has 0 aliphatic rings. The van der Waals surface area contributed by atoms with Crippen molar-refractivity contribution < 1.29 is 28.9 Å². The lowest BCUT2D eigenvalue weighted by molar-refractivity contribution is -0.149. The molecule has 0 aliphatic carbocycles. The zero-order valence-corrected chi connectivity index (χ0v) is 18.6. The summed E-state index contributed by atoms with van der Waals surface area (Å²) in [5.74, 6) is -0.461. The van der Waals surface area contributed by atoms with Crippen LogP contribution in [0, 0.1) is 6.92 Å². The van der Waals surface area contributed by atoms with Crippen molar-refractivity contribution in [3.63, 3.8) is 0 Å². The predicted molar refractivity (Wildman–Crippen MR) is 125 cm³/mol. The first-order chi connectivity index (χ1) is 15.9. The van der Waals surface area contributed by atoms with Gasteiger partial charge in [0, 0.05) is 11.6 Å². The van der Waals surface area contributed by atoms with Crippen LogP contribution < -0.4 is 14.8 Å². The van der Waals surface area contributed by atoms with Crippen LogP contribution >= 0.6 is 0 Å². The number of hydrogen-bond donors (Lipinski definition) is 2. The molecule has 7 nitrogen and oxygen atoms in total. The van der Waals surface area contributed by atoms with Gasteiger partial charge in [-0.25, -0.2) is 4.79 Å². The summed E-state index contributed by atoms with van der Waals surface area (Å²) in [6.07, 6.45) is 1.54. The number of carbonyl (C=O) groups is 2. The number of anilines is 1. The number of rotatable bonds is 8. The third kappa shape index (κ3) is 6.13. The summed E-state index contributed by atoms with van der Waals surface area (Å²) in [5, 5.41) is 12.5. The maximum absolute atomic E-state index is 13.1. The number of aromatic hydroxyl groups is 1. The number of phenolic OH excluding ortho intramolecular Hbond substituents is 1. The number of benzene rings is 3. The van der Waals surface area contributed by atoms with Crippen LogP contribution in [0.3, 0.4) is 0 Å². The molecule has 3 aromatic rings. The second-order valence-corrected chi connectivity index (χ2v) is 7.19. The highest BCUT2D eigenvalue weighted by Crippen LogP contribution is 2.29. The SMILES string of the molecule is COc1cc(/C=C/C(=O)OC(C(=O)Nc2cc(C)ccc2OC)c2ccccc2)ccc1O. The molecule has 0 fully saturated rings. The highest BCUT2D eigenvalue weighted by Gasteiger charge is 2.25. The number of esters is 1. The number of hydrogen-bond acceptors (Lipinski definition) is 6. The van der Waals surface area contributed by atoms with Crippen molar-refractivity contribution in [2.75, 3.05) is 19.5 Å². The number of methoxy groups -OCH3 is 2. The first-order valence-corrected chi connectivity index (χ1v) is 10.2. The van der Waals surface area contributed by atoms with Crippen LogP contribution in [0.4, 0.5) is 5.69 Å². The van der Waals surface area contributed by atoms with E-state index in [0.29, 0.717) is 22.6 Å². The van der Waals surface area contributed by atoms with Gasteiger partial charge in [0.25, 0.3) is 5.91 Å². The highest BCUT2D eigenvalue weighted by atomic mass is 16.5. The minimum atomic E-state index is -1.18. The molecule has 3 rings (SSSR count). The second kappa shape index (κ2) is 10.9. The van der Waals surface area contributed by atoms with Crippen molar-refractivity contribution in [3.8, 4) is 17.2 Å². The maximum atomic E-state index is 13.1. The molecule has 7 heteroatoms. The lowest BCUT2D eigenvalue weighted by Gasteiger charge is -2.18. The Bertz CT molecular complexity index is 1160. The normalized spacial score (nSPS) is 11.6. The van der Waals surface area contributed by atoms with E-state index < -0.39 is 18.0 Å². The first kappa shape index (κ1) is 23.4. The van der Waals surface area contributed by atoms with Gasteiger partial charge in [-0.1, -0.05) is 42.5 Å².